The molecule has 2 aromatic carbocycles. The number of ether oxygens (including phenoxy) is 2. The van der Waals surface area contributed by atoms with E-state index in [-0.39, 0.29) is 0 Å². The molecule has 0 amide bonds. The molecule has 2 aromatic rings. The van der Waals surface area contributed by atoms with Crippen molar-refractivity contribution in [2.75, 3.05) is 14.2 Å². The van der Waals surface area contributed by atoms with E-state index in [9.17, 15) is 14.7 Å². The second-order valence-electron chi connectivity index (χ2n) is 5.42. The molecule has 0 radical (unpaired) electrons. The molecule has 0 aliphatic heterocycles. The van der Waals surface area contributed by atoms with Gasteiger partial charge in [-0.25, -0.2) is 0 Å². The lowest BCUT2D eigenvalue weighted by Crippen LogP contribution is -2.26. The number of hydrogen-bond acceptors (Lipinski definition) is 5. The van der Waals surface area contributed by atoms with Crippen LogP contribution in [0.4, 0.5) is 0 Å². The van der Waals surface area contributed by atoms with Crippen LogP contribution >= 0.6 is 0 Å². The molecule has 1 N–H and O–H groups in total. The Morgan fingerprint density at radius 2 is 1.12 bits per heavy atom. The van der Waals surface area contributed by atoms with Gasteiger partial charge in [-0.05, 0) is 47.5 Å². The first-order valence-corrected chi connectivity index (χ1v) is 7.93. The summed E-state index contributed by atoms with van der Waals surface area (Å²) in [5, 5.41) is 9.87. The largest absolute Gasteiger partial charge is 0.497 e. The van der Waals surface area contributed by atoms with Gasteiger partial charge in [-0.2, -0.15) is 0 Å². The molecule has 0 aromatic heterocycles. The molecule has 0 fully saturated rings. The molecule has 0 saturated carbocycles. The highest BCUT2D eigenvalue weighted by molar-refractivity contribution is 6.15. The van der Waals surface area contributed by atoms with Crippen LogP contribution < -0.4 is 9.47 Å². The molecule has 0 aliphatic carbocycles. The predicted octanol–water partition coefficient (Wildman–Crippen LogP) is 2.93. The third-order valence-corrected chi connectivity index (χ3v) is 3.65. The van der Waals surface area contributed by atoms with Crippen molar-refractivity contribution in [2.24, 2.45) is 0 Å². The van der Waals surface area contributed by atoms with E-state index in [4.69, 9.17) is 9.47 Å². The minimum absolute atomic E-state index is 0.676. The summed E-state index contributed by atoms with van der Waals surface area (Å²) >= 11 is 0. The fourth-order valence-corrected chi connectivity index (χ4v) is 2.11. The first-order chi connectivity index (χ1) is 12.5. The van der Waals surface area contributed by atoms with Gasteiger partial charge in [0, 0.05) is 0 Å². The number of carbonyl (C=O) groups excluding carboxylic acids is 2. The minimum atomic E-state index is -1.72. The van der Waals surface area contributed by atoms with E-state index in [2.05, 4.69) is 0 Å². The Hall–Kier alpha value is -3.18. The predicted molar refractivity (Wildman–Crippen MR) is 100 cm³/mol. The highest BCUT2D eigenvalue weighted by atomic mass is 16.5. The van der Waals surface area contributed by atoms with Gasteiger partial charge in [-0.1, -0.05) is 36.4 Å². The second kappa shape index (κ2) is 9.34. The highest BCUT2D eigenvalue weighted by Gasteiger charge is 2.18. The molecule has 0 spiro atoms. The maximum atomic E-state index is 11.9. The fraction of sp³-hybridized carbons (Fsp3) is 0.143. The summed E-state index contributed by atoms with van der Waals surface area (Å²) in [6.07, 6.45) is 3.72. The van der Waals surface area contributed by atoms with Crippen LogP contribution in [0, 0.1) is 0 Å². The zero-order valence-electron chi connectivity index (χ0n) is 14.6. The summed E-state index contributed by atoms with van der Waals surface area (Å²) in [4.78, 5) is 23.9. The van der Waals surface area contributed by atoms with Gasteiger partial charge >= 0.3 is 0 Å². The zero-order valence-corrected chi connectivity index (χ0v) is 14.6. The van der Waals surface area contributed by atoms with E-state index < -0.39 is 17.7 Å². The Kier molecular flexibility index (Phi) is 6.88. The lowest BCUT2D eigenvalue weighted by molar-refractivity contribution is -0.132. The van der Waals surface area contributed by atoms with Crippen molar-refractivity contribution in [1.29, 1.82) is 0 Å². The number of ketones is 2. The zero-order chi connectivity index (χ0) is 18.9. The average molecular weight is 352 g/mol. The second-order valence-corrected chi connectivity index (χ2v) is 5.42. The maximum Gasteiger partial charge on any atom is 0.192 e. The average Bonchev–Trinajstić information content (AvgIpc) is 2.70. The maximum absolute atomic E-state index is 11.9. The molecule has 0 heterocycles. The van der Waals surface area contributed by atoms with E-state index >= 15 is 0 Å². The van der Waals surface area contributed by atoms with Crippen LogP contribution in [-0.2, 0) is 9.59 Å². The molecule has 0 unspecified atom stereocenters. The van der Waals surface area contributed by atoms with Crippen LogP contribution in [0.15, 0.2) is 60.7 Å². The van der Waals surface area contributed by atoms with Gasteiger partial charge in [0.15, 0.2) is 17.7 Å². The van der Waals surface area contributed by atoms with E-state index in [0.717, 1.165) is 11.1 Å². The van der Waals surface area contributed by atoms with Crippen LogP contribution in [0.1, 0.15) is 11.1 Å². The lowest BCUT2D eigenvalue weighted by Gasteiger charge is -2.03. The quantitative estimate of drug-likeness (QED) is 0.584. The molecule has 2 rings (SSSR count). The number of aliphatic hydroxyl groups is 1. The first kappa shape index (κ1) is 19.1. The van der Waals surface area contributed by atoms with Crippen molar-refractivity contribution < 1.29 is 24.2 Å². The third-order valence-electron chi connectivity index (χ3n) is 3.65. The van der Waals surface area contributed by atoms with Gasteiger partial charge in [0.2, 0.25) is 0 Å². The van der Waals surface area contributed by atoms with Crippen molar-refractivity contribution >= 4 is 23.7 Å². The Morgan fingerprint density at radius 1 is 0.769 bits per heavy atom. The smallest absolute Gasteiger partial charge is 0.192 e. The fourth-order valence-electron chi connectivity index (χ4n) is 2.11. The van der Waals surface area contributed by atoms with Gasteiger partial charge in [-0.15, -0.1) is 0 Å². The van der Waals surface area contributed by atoms with Crippen LogP contribution in [0.5, 0.6) is 11.5 Å². The number of aliphatic hydroxyl groups excluding tert-OH is 1. The molecule has 0 bridgehead atoms. The van der Waals surface area contributed by atoms with Gasteiger partial charge in [0.05, 0.1) is 14.2 Å². The summed E-state index contributed by atoms with van der Waals surface area (Å²) in [7, 11) is 3.13. The molecule has 134 valence electrons. The van der Waals surface area contributed by atoms with Gasteiger partial charge < -0.3 is 14.6 Å². The summed E-state index contributed by atoms with van der Waals surface area (Å²) < 4.78 is 10.1. The lowest BCUT2D eigenvalue weighted by atomic mass is 10.1. The number of hydrogen-bond donors (Lipinski definition) is 1. The molecule has 5 nitrogen and oxygen atoms in total. The van der Waals surface area contributed by atoms with E-state index in [1.807, 2.05) is 0 Å². The summed E-state index contributed by atoms with van der Waals surface area (Å²) in [5.41, 5.74) is 1.51. The van der Waals surface area contributed by atoms with E-state index in [1.165, 1.54) is 24.3 Å². The molecule has 0 saturated heterocycles. The molecule has 0 atom stereocenters. The van der Waals surface area contributed by atoms with Crippen molar-refractivity contribution in [3.63, 3.8) is 0 Å². The van der Waals surface area contributed by atoms with Crippen LogP contribution in [0.25, 0.3) is 12.2 Å². The first-order valence-electron chi connectivity index (χ1n) is 7.93. The number of benzene rings is 2. The van der Waals surface area contributed by atoms with Crippen LogP contribution in [0.3, 0.4) is 0 Å². The molecular formula is C21H20O5. The van der Waals surface area contributed by atoms with Gasteiger partial charge in [0.25, 0.3) is 0 Å². The van der Waals surface area contributed by atoms with Crippen LogP contribution in [-0.4, -0.2) is 37.0 Å². The van der Waals surface area contributed by atoms with Crippen molar-refractivity contribution in [3.8, 4) is 11.5 Å². The third kappa shape index (κ3) is 5.43. The van der Waals surface area contributed by atoms with Crippen LogP contribution in [0.2, 0.25) is 0 Å². The Balaban J connectivity index is 1.95. The Bertz CT molecular complexity index is 732. The highest BCUT2D eigenvalue weighted by Crippen LogP contribution is 2.13. The van der Waals surface area contributed by atoms with Crippen molar-refractivity contribution in [1.82, 2.24) is 0 Å². The Labute approximate surface area is 152 Å². The van der Waals surface area contributed by atoms with Gasteiger partial charge in [0.1, 0.15) is 11.5 Å². The van der Waals surface area contributed by atoms with E-state index in [0.29, 0.717) is 11.5 Å². The standard InChI is InChI=1S/C21H20O5/c1-25-17-9-3-15(4-10-17)7-13-19(22)21(24)20(23)14-8-16-5-11-18(26-2)12-6-16/h3-14,21,24H,1-2H3/b13-7+,14-8+. The minimum Gasteiger partial charge on any atom is -0.497 e. The molecular weight excluding hydrogens is 332 g/mol. The van der Waals surface area contributed by atoms with Crippen molar-refractivity contribution in [3.05, 3.63) is 71.8 Å². The van der Waals surface area contributed by atoms with E-state index in [1.54, 1.807) is 62.8 Å². The van der Waals surface area contributed by atoms with Gasteiger partial charge in [-0.3, -0.25) is 9.59 Å². The summed E-state index contributed by atoms with van der Waals surface area (Å²) in [6.45, 7) is 0. The Morgan fingerprint density at radius 3 is 1.42 bits per heavy atom. The summed E-state index contributed by atoms with van der Waals surface area (Å²) in [6, 6.07) is 14.1. The summed E-state index contributed by atoms with van der Waals surface area (Å²) in [5.74, 6) is 0.0510. The number of rotatable bonds is 8. The molecule has 5 heteroatoms. The molecule has 0 aliphatic rings. The number of carbonyl (C=O) groups is 2. The SMILES string of the molecule is COc1ccc(/C=C/C(=O)C(O)C(=O)/C=C/c2ccc(OC)cc2)cc1. The normalized spacial score (nSPS) is 11.2. The number of methoxy groups -OCH3 is 2. The molecule has 26 heavy (non-hydrogen) atoms. The topological polar surface area (TPSA) is 72.8 Å². The monoisotopic (exact) mass is 352 g/mol. The van der Waals surface area contributed by atoms with Crippen molar-refractivity contribution in [2.45, 2.75) is 6.10 Å².